The van der Waals surface area contributed by atoms with Crippen molar-refractivity contribution in [2.24, 2.45) is 0 Å². The van der Waals surface area contributed by atoms with E-state index < -0.39 is 0 Å². The Morgan fingerprint density at radius 1 is 1.07 bits per heavy atom. The summed E-state index contributed by atoms with van der Waals surface area (Å²) < 4.78 is 2.14. The number of carbonyl (C=O) groups is 1. The first kappa shape index (κ1) is 17.5. The number of carbonyl (C=O) groups excluding carboxylic acids is 1. The van der Waals surface area contributed by atoms with Crippen molar-refractivity contribution in [1.82, 2.24) is 14.9 Å². The summed E-state index contributed by atoms with van der Waals surface area (Å²) in [6, 6.07) is 16.3. The molecule has 4 nitrogen and oxygen atoms in total. The normalized spacial score (nSPS) is 11.1. The van der Waals surface area contributed by atoms with E-state index in [0.717, 1.165) is 32.9 Å². The first-order chi connectivity index (χ1) is 13.0. The Morgan fingerprint density at radius 3 is 2.59 bits per heavy atom. The molecule has 0 saturated carbocycles. The monoisotopic (exact) mass is 375 g/mol. The van der Waals surface area contributed by atoms with Crippen LogP contribution in [0.2, 0.25) is 0 Å². The lowest BCUT2D eigenvalue weighted by atomic mass is 10.1. The average molecular weight is 375 g/mol. The van der Waals surface area contributed by atoms with Gasteiger partial charge in [-0.25, -0.2) is 4.98 Å². The summed E-state index contributed by atoms with van der Waals surface area (Å²) in [5, 5.41) is 4.08. The maximum atomic E-state index is 13.1. The largest absolute Gasteiger partial charge is 0.347 e. The molecule has 0 saturated heterocycles. The number of nitrogens with zero attached hydrogens (tertiary/aromatic N) is 2. The molecule has 0 fully saturated rings. The Bertz CT molecular complexity index is 1120. The van der Waals surface area contributed by atoms with Crippen LogP contribution in [0.5, 0.6) is 0 Å². The van der Waals surface area contributed by atoms with Gasteiger partial charge in [-0.3, -0.25) is 4.79 Å². The quantitative estimate of drug-likeness (QED) is 0.549. The molecule has 0 atom stereocenters. The predicted molar refractivity (Wildman–Crippen MR) is 111 cm³/mol. The van der Waals surface area contributed by atoms with Gasteiger partial charge < -0.3 is 9.88 Å². The van der Waals surface area contributed by atoms with Crippen molar-refractivity contribution < 1.29 is 4.79 Å². The molecule has 3 aromatic heterocycles. The first-order valence-electron chi connectivity index (χ1n) is 8.91. The topological polar surface area (TPSA) is 46.9 Å². The molecule has 1 aromatic carbocycles. The third-order valence-corrected chi connectivity index (χ3v) is 5.78. The highest BCUT2D eigenvalue weighted by Crippen LogP contribution is 2.34. The highest BCUT2D eigenvalue weighted by atomic mass is 32.1. The summed E-state index contributed by atoms with van der Waals surface area (Å²) in [5.41, 5.74) is 5.40. The summed E-state index contributed by atoms with van der Waals surface area (Å²) >= 11 is 1.44. The van der Waals surface area contributed by atoms with Crippen molar-refractivity contribution in [3.05, 3.63) is 82.1 Å². The highest BCUT2D eigenvalue weighted by molar-refractivity contribution is 7.21. The number of benzene rings is 1. The lowest BCUT2D eigenvalue weighted by Gasteiger charge is -2.12. The SMILES string of the molecule is Cc1cccc(CNC(=O)c2sc3ncccc3c2-n2c(C)ccc2C)c1. The van der Waals surface area contributed by atoms with Crippen LogP contribution in [0.3, 0.4) is 0 Å². The Hall–Kier alpha value is -2.92. The minimum Gasteiger partial charge on any atom is -0.347 e. The number of nitrogens with one attached hydrogen (secondary N) is 1. The molecule has 1 N–H and O–H groups in total. The van der Waals surface area contributed by atoms with Crippen LogP contribution in [0.15, 0.2) is 54.7 Å². The van der Waals surface area contributed by atoms with Crippen molar-refractivity contribution >= 4 is 27.5 Å². The summed E-state index contributed by atoms with van der Waals surface area (Å²) in [4.78, 5) is 19.1. The van der Waals surface area contributed by atoms with Crippen molar-refractivity contribution in [1.29, 1.82) is 0 Å². The van der Waals surface area contributed by atoms with Crippen LogP contribution in [0.4, 0.5) is 0 Å². The first-order valence-corrected chi connectivity index (χ1v) is 9.73. The minimum absolute atomic E-state index is 0.0676. The Labute approximate surface area is 162 Å². The highest BCUT2D eigenvalue weighted by Gasteiger charge is 2.22. The van der Waals surface area contributed by atoms with E-state index in [1.165, 1.54) is 16.9 Å². The number of rotatable bonds is 4. The van der Waals surface area contributed by atoms with E-state index in [0.29, 0.717) is 11.4 Å². The zero-order chi connectivity index (χ0) is 19.0. The molecular formula is C22H21N3OS. The fraction of sp³-hybridized carbons (Fsp3) is 0.182. The molecule has 0 radical (unpaired) electrons. The van der Waals surface area contributed by atoms with E-state index in [4.69, 9.17) is 0 Å². The third-order valence-electron chi connectivity index (χ3n) is 4.68. The maximum Gasteiger partial charge on any atom is 0.263 e. The molecule has 0 aliphatic rings. The van der Waals surface area contributed by atoms with Crippen LogP contribution in [0, 0.1) is 20.8 Å². The maximum absolute atomic E-state index is 13.1. The summed E-state index contributed by atoms with van der Waals surface area (Å²) in [7, 11) is 0. The molecule has 1 amide bonds. The number of hydrogen-bond donors (Lipinski definition) is 1. The van der Waals surface area contributed by atoms with Gasteiger partial charge in [0.15, 0.2) is 0 Å². The number of fused-ring (bicyclic) bond motifs is 1. The van der Waals surface area contributed by atoms with Crippen LogP contribution < -0.4 is 5.32 Å². The van der Waals surface area contributed by atoms with E-state index in [-0.39, 0.29) is 5.91 Å². The van der Waals surface area contributed by atoms with Gasteiger partial charge in [0, 0.05) is 29.5 Å². The molecule has 4 aromatic rings. The number of pyridine rings is 1. The molecule has 0 spiro atoms. The molecule has 0 unspecified atom stereocenters. The number of thiophene rings is 1. The average Bonchev–Trinajstić information content (AvgIpc) is 3.19. The molecule has 5 heteroatoms. The molecule has 136 valence electrons. The van der Waals surface area contributed by atoms with Crippen LogP contribution >= 0.6 is 11.3 Å². The van der Waals surface area contributed by atoms with Gasteiger partial charge in [-0.2, -0.15) is 0 Å². The third kappa shape index (κ3) is 3.26. The molecule has 27 heavy (non-hydrogen) atoms. The Kier molecular flexibility index (Phi) is 4.54. The number of aromatic nitrogens is 2. The Morgan fingerprint density at radius 2 is 1.85 bits per heavy atom. The van der Waals surface area contributed by atoms with Crippen molar-refractivity contribution in [2.45, 2.75) is 27.3 Å². The molecule has 0 aliphatic heterocycles. The second-order valence-corrected chi connectivity index (χ2v) is 7.76. The van der Waals surface area contributed by atoms with Crippen LogP contribution in [-0.2, 0) is 6.54 Å². The predicted octanol–water partition coefficient (Wildman–Crippen LogP) is 4.94. The van der Waals surface area contributed by atoms with Gasteiger partial charge in [0.05, 0.1) is 5.69 Å². The van der Waals surface area contributed by atoms with Gasteiger partial charge in [0.25, 0.3) is 5.91 Å². The molecule has 0 aliphatic carbocycles. The zero-order valence-electron chi connectivity index (χ0n) is 15.6. The van der Waals surface area contributed by atoms with Crippen LogP contribution in [0.1, 0.15) is 32.2 Å². The van der Waals surface area contributed by atoms with E-state index in [1.807, 2.05) is 24.3 Å². The Balaban J connectivity index is 1.75. The number of aryl methyl sites for hydroxylation is 3. The second kappa shape index (κ2) is 7.00. The van der Waals surface area contributed by atoms with Crippen LogP contribution in [0.25, 0.3) is 15.9 Å². The van der Waals surface area contributed by atoms with E-state index in [9.17, 15) is 4.79 Å². The molecule has 0 bridgehead atoms. The molecular weight excluding hydrogens is 354 g/mol. The standard InChI is InChI=1S/C22H21N3OS/c1-14-6-4-7-17(12-14)13-24-21(26)20-19(25-15(2)9-10-16(25)3)18-8-5-11-23-22(18)27-20/h4-12H,13H2,1-3H3,(H,24,26). The van der Waals surface area contributed by atoms with E-state index >= 15 is 0 Å². The smallest absolute Gasteiger partial charge is 0.263 e. The van der Waals surface area contributed by atoms with Crippen LogP contribution in [-0.4, -0.2) is 15.5 Å². The zero-order valence-corrected chi connectivity index (χ0v) is 16.4. The summed E-state index contributed by atoms with van der Waals surface area (Å²) in [5.74, 6) is -0.0676. The van der Waals surface area contributed by atoms with E-state index in [1.54, 1.807) is 6.20 Å². The second-order valence-electron chi connectivity index (χ2n) is 6.76. The van der Waals surface area contributed by atoms with Gasteiger partial charge in [-0.15, -0.1) is 11.3 Å². The summed E-state index contributed by atoms with van der Waals surface area (Å²) in [6.45, 7) is 6.67. The van der Waals surface area contributed by atoms with E-state index in [2.05, 4.69) is 59.9 Å². The molecule has 4 rings (SSSR count). The fourth-order valence-electron chi connectivity index (χ4n) is 3.40. The lowest BCUT2D eigenvalue weighted by molar-refractivity contribution is 0.0955. The lowest BCUT2D eigenvalue weighted by Crippen LogP contribution is -2.23. The van der Waals surface area contributed by atoms with Crippen molar-refractivity contribution in [2.75, 3.05) is 0 Å². The van der Waals surface area contributed by atoms with Gasteiger partial charge in [-0.1, -0.05) is 29.8 Å². The van der Waals surface area contributed by atoms with Gasteiger partial charge in [0.1, 0.15) is 9.71 Å². The van der Waals surface area contributed by atoms with Gasteiger partial charge >= 0.3 is 0 Å². The number of amides is 1. The van der Waals surface area contributed by atoms with Gasteiger partial charge in [0.2, 0.25) is 0 Å². The van der Waals surface area contributed by atoms with Gasteiger partial charge in [-0.05, 0) is 50.6 Å². The minimum atomic E-state index is -0.0676. The van der Waals surface area contributed by atoms with Crippen molar-refractivity contribution in [3.63, 3.8) is 0 Å². The molecule has 3 heterocycles. The fourth-order valence-corrected chi connectivity index (χ4v) is 4.45. The van der Waals surface area contributed by atoms with Crippen molar-refractivity contribution in [3.8, 4) is 5.69 Å². The number of hydrogen-bond acceptors (Lipinski definition) is 3. The summed E-state index contributed by atoms with van der Waals surface area (Å²) in [6.07, 6.45) is 1.77.